The van der Waals surface area contributed by atoms with Crippen LogP contribution in [-0.2, 0) is 11.3 Å². The summed E-state index contributed by atoms with van der Waals surface area (Å²) >= 11 is 0. The van der Waals surface area contributed by atoms with Crippen LogP contribution in [0.15, 0.2) is 18.7 Å². The third kappa shape index (κ3) is 4.08. The number of likely N-dealkylation sites (N-methyl/N-ethyl adjacent to an activating group) is 1. The van der Waals surface area contributed by atoms with Gasteiger partial charge in [0.15, 0.2) is 0 Å². The third-order valence-electron chi connectivity index (χ3n) is 3.50. The zero-order valence-corrected chi connectivity index (χ0v) is 11.1. The molecule has 1 saturated heterocycles. The number of hydrogen-bond acceptors (Lipinski definition) is 4. The molecule has 102 valence electrons. The molecule has 0 atom stereocenters. The lowest BCUT2D eigenvalue weighted by Crippen LogP contribution is -2.45. The van der Waals surface area contributed by atoms with E-state index in [1.165, 1.54) is 0 Å². The van der Waals surface area contributed by atoms with Crippen molar-refractivity contribution in [3.05, 3.63) is 18.7 Å². The molecule has 0 spiro atoms. The highest BCUT2D eigenvalue weighted by molar-refractivity contribution is 4.84. The number of hydrogen-bond donors (Lipinski definition) is 1. The molecule has 1 aromatic heterocycles. The van der Waals surface area contributed by atoms with E-state index in [4.69, 9.17) is 4.74 Å². The lowest BCUT2D eigenvalue weighted by molar-refractivity contribution is -0.0769. The maximum Gasteiger partial charge on any atom is 0.0945 e. The topological polar surface area (TPSA) is 50.5 Å². The molecule has 5 nitrogen and oxygen atoms in total. The Labute approximate surface area is 108 Å². The van der Waals surface area contributed by atoms with Crippen molar-refractivity contribution in [2.24, 2.45) is 0 Å². The molecule has 2 rings (SSSR count). The molecule has 0 saturated carbocycles. The van der Waals surface area contributed by atoms with Gasteiger partial charge >= 0.3 is 0 Å². The second-order valence-corrected chi connectivity index (χ2v) is 5.23. The Kier molecular flexibility index (Phi) is 4.74. The first kappa shape index (κ1) is 13.5. The number of rotatable bonds is 6. The van der Waals surface area contributed by atoms with Gasteiger partial charge in [0.1, 0.15) is 0 Å². The van der Waals surface area contributed by atoms with E-state index in [2.05, 4.69) is 21.5 Å². The van der Waals surface area contributed by atoms with E-state index in [9.17, 15) is 5.11 Å². The van der Waals surface area contributed by atoms with Crippen LogP contribution in [0.4, 0.5) is 0 Å². The lowest BCUT2D eigenvalue weighted by atomic mass is 9.94. The van der Waals surface area contributed by atoms with E-state index >= 15 is 0 Å². The van der Waals surface area contributed by atoms with Gasteiger partial charge < -0.3 is 19.3 Å². The molecule has 0 bridgehead atoms. The molecule has 0 aliphatic carbocycles. The van der Waals surface area contributed by atoms with Crippen molar-refractivity contribution >= 4 is 0 Å². The molecule has 1 aromatic rings. The molecule has 1 fully saturated rings. The fourth-order valence-corrected chi connectivity index (χ4v) is 2.43. The minimum atomic E-state index is -0.554. The van der Waals surface area contributed by atoms with Crippen molar-refractivity contribution in [3.8, 4) is 0 Å². The summed E-state index contributed by atoms with van der Waals surface area (Å²) < 4.78 is 7.37. The Morgan fingerprint density at radius 2 is 2.22 bits per heavy atom. The van der Waals surface area contributed by atoms with Gasteiger partial charge in [-0.3, -0.25) is 0 Å². The molecule has 5 heteroatoms. The van der Waals surface area contributed by atoms with Crippen LogP contribution in [0.2, 0.25) is 0 Å². The van der Waals surface area contributed by atoms with E-state index in [0.717, 1.165) is 38.9 Å². The lowest BCUT2D eigenvalue weighted by Gasteiger charge is -2.35. The molecule has 1 aliphatic rings. The monoisotopic (exact) mass is 253 g/mol. The highest BCUT2D eigenvalue weighted by atomic mass is 16.5. The van der Waals surface area contributed by atoms with Gasteiger partial charge in [-0.15, -0.1) is 0 Å². The van der Waals surface area contributed by atoms with Crippen LogP contribution in [0.25, 0.3) is 0 Å². The number of aliphatic hydroxyl groups is 1. The number of aryl methyl sites for hydroxylation is 1. The second kappa shape index (κ2) is 6.31. The van der Waals surface area contributed by atoms with Crippen molar-refractivity contribution in [3.63, 3.8) is 0 Å². The summed E-state index contributed by atoms with van der Waals surface area (Å²) in [6.07, 6.45) is 8.18. The van der Waals surface area contributed by atoms with Gasteiger partial charge in [-0.25, -0.2) is 4.98 Å². The summed E-state index contributed by atoms with van der Waals surface area (Å²) in [5.74, 6) is 0. The zero-order valence-electron chi connectivity index (χ0n) is 11.1. The van der Waals surface area contributed by atoms with Crippen LogP contribution in [0.5, 0.6) is 0 Å². The molecule has 1 aliphatic heterocycles. The Morgan fingerprint density at radius 3 is 2.89 bits per heavy atom. The Hall–Kier alpha value is -0.910. The van der Waals surface area contributed by atoms with E-state index in [1.54, 1.807) is 6.20 Å². The molecule has 0 aromatic carbocycles. The van der Waals surface area contributed by atoms with Gasteiger partial charge in [-0.1, -0.05) is 0 Å². The second-order valence-electron chi connectivity index (χ2n) is 5.23. The molecule has 18 heavy (non-hydrogen) atoms. The highest BCUT2D eigenvalue weighted by Crippen LogP contribution is 2.21. The van der Waals surface area contributed by atoms with Gasteiger partial charge in [0, 0.05) is 51.5 Å². The Balaban J connectivity index is 1.66. The number of aromatic nitrogens is 2. The van der Waals surface area contributed by atoms with Gasteiger partial charge in [0.25, 0.3) is 0 Å². The first-order chi connectivity index (χ1) is 8.68. The van der Waals surface area contributed by atoms with Crippen LogP contribution in [-0.4, -0.2) is 58.5 Å². The van der Waals surface area contributed by atoms with Crippen molar-refractivity contribution in [2.75, 3.05) is 33.4 Å². The Morgan fingerprint density at radius 1 is 1.44 bits per heavy atom. The predicted molar refractivity (Wildman–Crippen MR) is 69.3 cm³/mol. The normalized spacial score (nSPS) is 19.3. The van der Waals surface area contributed by atoms with E-state index < -0.39 is 5.60 Å². The summed E-state index contributed by atoms with van der Waals surface area (Å²) in [6, 6.07) is 0. The SMILES string of the molecule is CN(CCCn1ccnc1)CC1(O)CCOCC1. The zero-order chi connectivity index (χ0) is 12.8. The quantitative estimate of drug-likeness (QED) is 0.812. The van der Waals surface area contributed by atoms with Gasteiger partial charge in [0.05, 0.1) is 11.9 Å². The first-order valence-corrected chi connectivity index (χ1v) is 6.62. The number of imidazole rings is 1. The maximum atomic E-state index is 10.4. The number of nitrogens with zero attached hydrogens (tertiary/aromatic N) is 3. The van der Waals surface area contributed by atoms with Gasteiger partial charge in [-0.2, -0.15) is 0 Å². The molecular formula is C13H23N3O2. The molecule has 1 N–H and O–H groups in total. The molecule has 0 radical (unpaired) electrons. The third-order valence-corrected chi connectivity index (χ3v) is 3.50. The minimum absolute atomic E-state index is 0.554. The standard InChI is InChI=1S/C13H23N3O2/c1-15(6-2-7-16-8-5-14-12-16)11-13(17)3-9-18-10-4-13/h5,8,12,17H,2-4,6-7,9-11H2,1H3. The van der Waals surface area contributed by atoms with Gasteiger partial charge in [0.2, 0.25) is 0 Å². The number of ether oxygens (including phenoxy) is 1. The minimum Gasteiger partial charge on any atom is -0.388 e. The van der Waals surface area contributed by atoms with Crippen LogP contribution in [0.1, 0.15) is 19.3 Å². The summed E-state index contributed by atoms with van der Waals surface area (Å²) in [5.41, 5.74) is -0.554. The summed E-state index contributed by atoms with van der Waals surface area (Å²) in [4.78, 5) is 6.23. The summed E-state index contributed by atoms with van der Waals surface area (Å²) in [7, 11) is 2.07. The summed E-state index contributed by atoms with van der Waals surface area (Å²) in [6.45, 7) is 4.06. The molecule has 0 amide bonds. The largest absolute Gasteiger partial charge is 0.388 e. The predicted octanol–water partition coefficient (Wildman–Crippen LogP) is 0.746. The first-order valence-electron chi connectivity index (χ1n) is 6.62. The van der Waals surface area contributed by atoms with Crippen LogP contribution in [0.3, 0.4) is 0 Å². The average molecular weight is 253 g/mol. The van der Waals surface area contributed by atoms with Gasteiger partial charge in [-0.05, 0) is 20.0 Å². The van der Waals surface area contributed by atoms with Crippen LogP contribution < -0.4 is 0 Å². The van der Waals surface area contributed by atoms with Crippen molar-refractivity contribution in [1.29, 1.82) is 0 Å². The van der Waals surface area contributed by atoms with E-state index in [0.29, 0.717) is 13.2 Å². The van der Waals surface area contributed by atoms with E-state index in [-0.39, 0.29) is 0 Å². The molecular weight excluding hydrogens is 230 g/mol. The average Bonchev–Trinajstić information content (AvgIpc) is 2.82. The maximum absolute atomic E-state index is 10.4. The molecule has 0 unspecified atom stereocenters. The van der Waals surface area contributed by atoms with Crippen molar-refractivity contribution in [2.45, 2.75) is 31.4 Å². The van der Waals surface area contributed by atoms with E-state index in [1.807, 2.05) is 12.5 Å². The fraction of sp³-hybridized carbons (Fsp3) is 0.769. The fourth-order valence-electron chi connectivity index (χ4n) is 2.43. The molecule has 2 heterocycles. The van der Waals surface area contributed by atoms with Crippen molar-refractivity contribution < 1.29 is 9.84 Å². The van der Waals surface area contributed by atoms with Crippen molar-refractivity contribution in [1.82, 2.24) is 14.5 Å². The Bertz CT molecular complexity index is 334. The highest BCUT2D eigenvalue weighted by Gasteiger charge is 2.30. The van der Waals surface area contributed by atoms with Crippen LogP contribution in [0, 0.1) is 0 Å². The smallest absolute Gasteiger partial charge is 0.0945 e. The van der Waals surface area contributed by atoms with Crippen LogP contribution >= 0.6 is 0 Å². The summed E-state index contributed by atoms with van der Waals surface area (Å²) in [5, 5.41) is 10.4.